The number of hydrogen-bond donors (Lipinski definition) is 1. The third kappa shape index (κ3) is 6.90. The Morgan fingerprint density at radius 1 is 0.889 bits per heavy atom. The van der Waals surface area contributed by atoms with Crippen LogP contribution in [0.1, 0.15) is 36.2 Å². The van der Waals surface area contributed by atoms with Crippen molar-refractivity contribution in [3.05, 3.63) is 77.0 Å². The number of rotatable bonds is 10. The summed E-state index contributed by atoms with van der Waals surface area (Å²) in [5, 5.41) is 10.4. The van der Waals surface area contributed by atoms with Gasteiger partial charge in [-0.3, -0.25) is 4.90 Å². The smallest absolute Gasteiger partial charge is 0.161 e. The highest BCUT2D eigenvalue weighted by atomic mass is 16.5. The molecular weight excluding hydrogens is 448 g/mol. The quantitative estimate of drug-likeness (QED) is 0.453. The third-order valence-electron chi connectivity index (χ3n) is 6.75. The van der Waals surface area contributed by atoms with Crippen LogP contribution in [0, 0.1) is 19.8 Å². The van der Waals surface area contributed by atoms with E-state index in [1.807, 2.05) is 18.2 Å². The molecule has 1 saturated heterocycles. The molecule has 0 amide bonds. The van der Waals surface area contributed by atoms with Crippen LogP contribution in [-0.4, -0.2) is 72.0 Å². The standard InChI is InChI=1S/C30H40N4O2/c1-22(2)20-36-21-27(35)19-33-14-16-34(17-15-33)30-28(18-26-13-9-8-10-23(26)3)24(4)31-29(32-30)25-11-6-5-7-12-25/h5-13,22,27,35H,14-21H2,1-4H3/t27-/m0/s1. The molecule has 1 aliphatic heterocycles. The second kappa shape index (κ2) is 12.4. The summed E-state index contributed by atoms with van der Waals surface area (Å²) in [6.45, 7) is 13.7. The molecule has 0 aliphatic carbocycles. The Morgan fingerprint density at radius 2 is 1.58 bits per heavy atom. The fourth-order valence-corrected chi connectivity index (χ4v) is 4.70. The molecular formula is C30H40N4O2. The van der Waals surface area contributed by atoms with E-state index in [0.717, 1.165) is 55.5 Å². The van der Waals surface area contributed by atoms with Gasteiger partial charge in [0, 0.05) is 62.6 Å². The second-order valence-corrected chi connectivity index (χ2v) is 10.3. The molecule has 2 heterocycles. The van der Waals surface area contributed by atoms with Crippen molar-refractivity contribution >= 4 is 5.82 Å². The van der Waals surface area contributed by atoms with Gasteiger partial charge in [-0.15, -0.1) is 0 Å². The first kappa shape index (κ1) is 26.3. The summed E-state index contributed by atoms with van der Waals surface area (Å²) in [6.07, 6.45) is 0.354. The van der Waals surface area contributed by atoms with Crippen LogP contribution >= 0.6 is 0 Å². The molecule has 192 valence electrons. The van der Waals surface area contributed by atoms with Crippen molar-refractivity contribution in [3.8, 4) is 11.4 Å². The zero-order valence-corrected chi connectivity index (χ0v) is 22.2. The van der Waals surface area contributed by atoms with Gasteiger partial charge in [-0.25, -0.2) is 9.97 Å². The molecule has 0 unspecified atom stereocenters. The van der Waals surface area contributed by atoms with Crippen molar-refractivity contribution in [2.24, 2.45) is 5.92 Å². The number of nitrogens with zero attached hydrogens (tertiary/aromatic N) is 4. The van der Waals surface area contributed by atoms with Crippen LogP contribution in [-0.2, 0) is 11.2 Å². The average Bonchev–Trinajstić information content (AvgIpc) is 2.87. The molecule has 3 aromatic rings. The van der Waals surface area contributed by atoms with Gasteiger partial charge in [0.1, 0.15) is 5.82 Å². The minimum absolute atomic E-state index is 0.393. The number of ether oxygens (including phenoxy) is 1. The highest BCUT2D eigenvalue weighted by molar-refractivity contribution is 5.61. The molecule has 0 spiro atoms. The summed E-state index contributed by atoms with van der Waals surface area (Å²) in [4.78, 5) is 14.8. The highest BCUT2D eigenvalue weighted by Crippen LogP contribution is 2.29. The van der Waals surface area contributed by atoms with Crippen LogP contribution in [0.5, 0.6) is 0 Å². The van der Waals surface area contributed by atoms with Gasteiger partial charge in [0.05, 0.1) is 12.7 Å². The molecule has 1 atom stereocenters. The Labute approximate surface area is 216 Å². The Kier molecular flexibility index (Phi) is 9.08. The number of piperazine rings is 1. The molecule has 0 radical (unpaired) electrons. The molecule has 1 fully saturated rings. The van der Waals surface area contributed by atoms with Crippen molar-refractivity contribution in [3.63, 3.8) is 0 Å². The van der Waals surface area contributed by atoms with Crippen LogP contribution in [0.3, 0.4) is 0 Å². The van der Waals surface area contributed by atoms with E-state index in [-0.39, 0.29) is 0 Å². The summed E-state index contributed by atoms with van der Waals surface area (Å²) in [5.41, 5.74) is 5.85. The van der Waals surface area contributed by atoms with E-state index in [9.17, 15) is 5.11 Å². The van der Waals surface area contributed by atoms with E-state index in [1.165, 1.54) is 16.7 Å². The number of aliphatic hydroxyl groups is 1. The zero-order valence-electron chi connectivity index (χ0n) is 22.2. The van der Waals surface area contributed by atoms with Crippen LogP contribution in [0.2, 0.25) is 0 Å². The fourth-order valence-electron chi connectivity index (χ4n) is 4.70. The summed E-state index contributed by atoms with van der Waals surface area (Å²) >= 11 is 0. The number of benzene rings is 2. The molecule has 0 bridgehead atoms. The Hall–Kier alpha value is -2.80. The van der Waals surface area contributed by atoms with Crippen molar-refractivity contribution in [1.82, 2.24) is 14.9 Å². The first-order valence-corrected chi connectivity index (χ1v) is 13.1. The lowest BCUT2D eigenvalue weighted by molar-refractivity contribution is 0.00745. The van der Waals surface area contributed by atoms with Crippen LogP contribution in [0.25, 0.3) is 11.4 Å². The zero-order chi connectivity index (χ0) is 25.5. The van der Waals surface area contributed by atoms with Gasteiger partial charge in [-0.05, 0) is 30.9 Å². The number of aliphatic hydroxyl groups excluding tert-OH is 1. The molecule has 0 saturated carbocycles. The molecule has 1 aromatic heterocycles. The number of β-amino-alcohol motifs (C(OH)–C–C–N with tert-alkyl or cyclic N) is 1. The van der Waals surface area contributed by atoms with E-state index in [4.69, 9.17) is 14.7 Å². The van der Waals surface area contributed by atoms with Gasteiger partial charge in [0.15, 0.2) is 5.82 Å². The first-order valence-electron chi connectivity index (χ1n) is 13.1. The predicted octanol–water partition coefficient (Wildman–Crippen LogP) is 4.51. The second-order valence-electron chi connectivity index (χ2n) is 10.3. The van der Waals surface area contributed by atoms with E-state index in [2.05, 4.69) is 73.9 Å². The molecule has 4 rings (SSSR count). The largest absolute Gasteiger partial charge is 0.389 e. The van der Waals surface area contributed by atoms with Crippen molar-refractivity contribution in [1.29, 1.82) is 0 Å². The number of aromatic nitrogens is 2. The van der Waals surface area contributed by atoms with E-state index in [1.54, 1.807) is 0 Å². The minimum Gasteiger partial charge on any atom is -0.389 e. The molecule has 1 aliphatic rings. The van der Waals surface area contributed by atoms with E-state index < -0.39 is 6.10 Å². The van der Waals surface area contributed by atoms with Crippen LogP contribution in [0.15, 0.2) is 54.6 Å². The lowest BCUT2D eigenvalue weighted by atomic mass is 9.99. The van der Waals surface area contributed by atoms with Crippen LogP contribution in [0.4, 0.5) is 5.82 Å². The van der Waals surface area contributed by atoms with Crippen molar-refractivity contribution < 1.29 is 9.84 Å². The first-order chi connectivity index (χ1) is 17.4. The summed E-state index contributed by atoms with van der Waals surface area (Å²) in [6, 6.07) is 18.8. The molecule has 2 aromatic carbocycles. The lowest BCUT2D eigenvalue weighted by Gasteiger charge is -2.37. The van der Waals surface area contributed by atoms with Gasteiger partial charge in [-0.2, -0.15) is 0 Å². The van der Waals surface area contributed by atoms with Gasteiger partial charge < -0.3 is 14.7 Å². The van der Waals surface area contributed by atoms with Gasteiger partial charge >= 0.3 is 0 Å². The number of hydrogen-bond acceptors (Lipinski definition) is 6. The van der Waals surface area contributed by atoms with Gasteiger partial charge in [-0.1, -0.05) is 68.4 Å². The van der Waals surface area contributed by atoms with Gasteiger partial charge in [0.2, 0.25) is 0 Å². The maximum atomic E-state index is 10.4. The van der Waals surface area contributed by atoms with Crippen LogP contribution < -0.4 is 4.90 Å². The predicted molar refractivity (Wildman–Crippen MR) is 147 cm³/mol. The van der Waals surface area contributed by atoms with E-state index >= 15 is 0 Å². The number of anilines is 1. The maximum Gasteiger partial charge on any atom is 0.161 e. The van der Waals surface area contributed by atoms with Crippen molar-refractivity contribution in [2.45, 2.75) is 40.2 Å². The third-order valence-corrected chi connectivity index (χ3v) is 6.75. The average molecular weight is 489 g/mol. The summed E-state index contributed by atoms with van der Waals surface area (Å²) in [5.74, 6) is 2.29. The lowest BCUT2D eigenvalue weighted by Crippen LogP contribution is -2.49. The van der Waals surface area contributed by atoms with E-state index in [0.29, 0.717) is 25.7 Å². The molecule has 1 N–H and O–H groups in total. The Bertz CT molecular complexity index is 1110. The molecule has 6 heteroatoms. The topological polar surface area (TPSA) is 61.7 Å². The SMILES string of the molecule is Cc1ccccc1Cc1c(C)nc(-c2ccccc2)nc1N1CCN(C[C@H](O)COCC(C)C)CC1. The summed E-state index contributed by atoms with van der Waals surface area (Å²) < 4.78 is 5.64. The molecule has 6 nitrogen and oxygen atoms in total. The summed E-state index contributed by atoms with van der Waals surface area (Å²) in [7, 11) is 0. The molecule has 36 heavy (non-hydrogen) atoms. The minimum atomic E-state index is -0.460. The number of aryl methyl sites for hydroxylation is 2. The highest BCUT2D eigenvalue weighted by Gasteiger charge is 2.24. The fraction of sp³-hybridized carbons (Fsp3) is 0.467. The Morgan fingerprint density at radius 3 is 2.28 bits per heavy atom. The van der Waals surface area contributed by atoms with Crippen molar-refractivity contribution in [2.75, 3.05) is 50.8 Å². The Balaban J connectivity index is 1.52. The monoisotopic (exact) mass is 488 g/mol. The maximum absolute atomic E-state index is 10.4. The normalized spacial score (nSPS) is 15.4. The van der Waals surface area contributed by atoms with Gasteiger partial charge in [0.25, 0.3) is 0 Å².